The zero-order valence-corrected chi connectivity index (χ0v) is 12.6. The second-order valence-electron chi connectivity index (χ2n) is 4.18. The smallest absolute Gasteiger partial charge is 0.155 e. The number of aromatic amines is 1. The van der Waals surface area contributed by atoms with Gasteiger partial charge in [-0.2, -0.15) is 5.10 Å². The van der Waals surface area contributed by atoms with Gasteiger partial charge >= 0.3 is 0 Å². The van der Waals surface area contributed by atoms with E-state index in [0.29, 0.717) is 10.8 Å². The number of pyridine rings is 1. The zero-order chi connectivity index (χ0) is 14.1. The maximum Gasteiger partial charge on any atom is 0.155 e. The van der Waals surface area contributed by atoms with Crippen molar-refractivity contribution in [1.82, 2.24) is 15.2 Å². The molecule has 100 valence electrons. The predicted octanol–water partition coefficient (Wildman–Crippen LogP) is 4.14. The van der Waals surface area contributed by atoms with Crippen LogP contribution in [0.1, 0.15) is 0 Å². The third-order valence-corrected chi connectivity index (χ3v) is 4.23. The SMILES string of the molecule is Nc1n[nH]c(-c2cccc(Br)c2Cl)c1-c1ccccn1. The fourth-order valence-corrected chi connectivity index (χ4v) is 2.60. The largest absolute Gasteiger partial charge is 0.382 e. The molecule has 3 N–H and O–H groups in total. The van der Waals surface area contributed by atoms with Crippen LogP contribution in [0.5, 0.6) is 0 Å². The molecule has 4 nitrogen and oxygen atoms in total. The zero-order valence-electron chi connectivity index (χ0n) is 10.3. The Kier molecular flexibility index (Phi) is 3.46. The number of nitrogens with zero attached hydrogens (tertiary/aromatic N) is 2. The van der Waals surface area contributed by atoms with E-state index in [4.69, 9.17) is 17.3 Å². The summed E-state index contributed by atoms with van der Waals surface area (Å²) in [6.45, 7) is 0. The molecule has 2 aromatic heterocycles. The fraction of sp³-hybridized carbons (Fsp3) is 0. The summed E-state index contributed by atoms with van der Waals surface area (Å²) in [5.74, 6) is 0.398. The van der Waals surface area contributed by atoms with Gasteiger partial charge in [0.25, 0.3) is 0 Å². The molecule has 3 aromatic rings. The summed E-state index contributed by atoms with van der Waals surface area (Å²) in [6, 6.07) is 11.3. The highest BCUT2D eigenvalue weighted by Crippen LogP contribution is 2.39. The fourth-order valence-electron chi connectivity index (χ4n) is 2.02. The monoisotopic (exact) mass is 348 g/mol. The summed E-state index contributed by atoms with van der Waals surface area (Å²) < 4.78 is 0.816. The van der Waals surface area contributed by atoms with Crippen LogP contribution in [0.4, 0.5) is 5.82 Å². The summed E-state index contributed by atoms with van der Waals surface area (Å²) in [5, 5.41) is 7.62. The lowest BCUT2D eigenvalue weighted by atomic mass is 10.0. The van der Waals surface area contributed by atoms with Gasteiger partial charge in [-0.05, 0) is 34.1 Å². The molecule has 2 heterocycles. The molecule has 3 rings (SSSR count). The van der Waals surface area contributed by atoms with Crippen molar-refractivity contribution < 1.29 is 0 Å². The second-order valence-corrected chi connectivity index (χ2v) is 5.41. The molecule has 0 amide bonds. The third-order valence-electron chi connectivity index (χ3n) is 2.94. The van der Waals surface area contributed by atoms with Gasteiger partial charge < -0.3 is 5.73 Å². The standard InChI is InChI=1S/C14H10BrClN4/c15-9-5-3-4-8(12(9)16)13-11(14(17)20-19-13)10-6-1-2-7-18-10/h1-7H,(H3,17,19,20). The van der Waals surface area contributed by atoms with Crippen LogP contribution in [0.25, 0.3) is 22.5 Å². The van der Waals surface area contributed by atoms with Gasteiger partial charge in [-0.3, -0.25) is 10.1 Å². The Labute approximate surface area is 129 Å². The Morgan fingerprint density at radius 1 is 1.15 bits per heavy atom. The number of halogens is 2. The molecule has 6 heteroatoms. The van der Waals surface area contributed by atoms with Crippen molar-refractivity contribution in [3.05, 3.63) is 52.1 Å². The van der Waals surface area contributed by atoms with Crippen LogP contribution < -0.4 is 5.73 Å². The number of aromatic nitrogens is 3. The minimum absolute atomic E-state index is 0.398. The van der Waals surface area contributed by atoms with E-state index in [1.54, 1.807) is 6.20 Å². The summed E-state index contributed by atoms with van der Waals surface area (Å²) in [7, 11) is 0. The first-order chi connectivity index (χ1) is 9.68. The van der Waals surface area contributed by atoms with Crippen molar-refractivity contribution >= 4 is 33.3 Å². The second kappa shape index (κ2) is 5.26. The summed E-state index contributed by atoms with van der Waals surface area (Å²) in [6.07, 6.45) is 1.72. The highest BCUT2D eigenvalue weighted by molar-refractivity contribution is 9.10. The number of rotatable bonds is 2. The van der Waals surface area contributed by atoms with Gasteiger partial charge in [0.1, 0.15) is 0 Å². The molecule has 0 aliphatic carbocycles. The summed E-state index contributed by atoms with van der Waals surface area (Å²) in [5.41, 5.74) is 9.05. The lowest BCUT2D eigenvalue weighted by Crippen LogP contribution is -1.91. The normalized spacial score (nSPS) is 10.7. The Balaban J connectivity index is 2.24. The van der Waals surface area contributed by atoms with Crippen molar-refractivity contribution in [2.75, 3.05) is 5.73 Å². The molecule has 0 fully saturated rings. The molecule has 0 aliphatic rings. The molecule has 20 heavy (non-hydrogen) atoms. The van der Waals surface area contributed by atoms with Gasteiger partial charge in [0, 0.05) is 16.2 Å². The highest BCUT2D eigenvalue weighted by atomic mass is 79.9. The van der Waals surface area contributed by atoms with Crippen molar-refractivity contribution in [2.45, 2.75) is 0 Å². The maximum atomic E-state index is 6.34. The molecule has 1 aromatic carbocycles. The first kappa shape index (κ1) is 13.1. The minimum Gasteiger partial charge on any atom is -0.382 e. The van der Waals surface area contributed by atoms with E-state index in [0.717, 1.165) is 27.0 Å². The molecule has 0 atom stereocenters. The first-order valence-corrected chi connectivity index (χ1v) is 7.05. The number of H-pyrrole nitrogens is 1. The van der Waals surface area contributed by atoms with E-state index in [1.165, 1.54) is 0 Å². The number of nitrogens with two attached hydrogens (primary N) is 1. The van der Waals surface area contributed by atoms with E-state index in [-0.39, 0.29) is 0 Å². The van der Waals surface area contributed by atoms with Gasteiger partial charge in [0.2, 0.25) is 0 Å². The molecule has 0 aliphatic heterocycles. The Morgan fingerprint density at radius 3 is 2.75 bits per heavy atom. The Bertz CT molecular complexity index is 755. The molecule has 0 saturated heterocycles. The molecular weight excluding hydrogens is 340 g/mol. The molecule has 0 bridgehead atoms. The topological polar surface area (TPSA) is 67.6 Å². The molecule has 0 spiro atoms. The summed E-state index contributed by atoms with van der Waals surface area (Å²) in [4.78, 5) is 4.33. The van der Waals surface area contributed by atoms with Crippen LogP contribution in [0.15, 0.2) is 47.1 Å². The quantitative estimate of drug-likeness (QED) is 0.730. The lowest BCUT2D eigenvalue weighted by molar-refractivity contribution is 1.10. The summed E-state index contributed by atoms with van der Waals surface area (Å²) >= 11 is 9.76. The van der Waals surface area contributed by atoms with E-state index in [1.807, 2.05) is 36.4 Å². The van der Waals surface area contributed by atoms with E-state index in [9.17, 15) is 0 Å². The van der Waals surface area contributed by atoms with Crippen LogP contribution >= 0.6 is 27.5 Å². The van der Waals surface area contributed by atoms with E-state index in [2.05, 4.69) is 31.1 Å². The molecule has 0 radical (unpaired) electrons. The molecule has 0 saturated carbocycles. The molecular formula is C14H10BrClN4. The first-order valence-electron chi connectivity index (χ1n) is 5.88. The third kappa shape index (κ3) is 2.19. The van der Waals surface area contributed by atoms with Crippen molar-refractivity contribution in [2.24, 2.45) is 0 Å². The average Bonchev–Trinajstić information content (AvgIpc) is 2.84. The average molecular weight is 350 g/mol. The number of hydrogen-bond acceptors (Lipinski definition) is 3. The van der Waals surface area contributed by atoms with Crippen LogP contribution in [0, 0.1) is 0 Å². The minimum atomic E-state index is 0.398. The van der Waals surface area contributed by atoms with Gasteiger partial charge in [-0.15, -0.1) is 0 Å². The Morgan fingerprint density at radius 2 is 2.00 bits per heavy atom. The number of anilines is 1. The van der Waals surface area contributed by atoms with Crippen molar-refractivity contribution in [1.29, 1.82) is 0 Å². The highest BCUT2D eigenvalue weighted by Gasteiger charge is 2.18. The van der Waals surface area contributed by atoms with E-state index >= 15 is 0 Å². The lowest BCUT2D eigenvalue weighted by Gasteiger charge is -2.07. The van der Waals surface area contributed by atoms with E-state index < -0.39 is 0 Å². The van der Waals surface area contributed by atoms with Crippen molar-refractivity contribution in [3.8, 4) is 22.5 Å². The van der Waals surface area contributed by atoms with Gasteiger partial charge in [-0.1, -0.05) is 29.8 Å². The van der Waals surface area contributed by atoms with Crippen LogP contribution in [0.3, 0.4) is 0 Å². The van der Waals surface area contributed by atoms with Gasteiger partial charge in [0.05, 0.1) is 22.0 Å². The number of nitrogens with one attached hydrogen (secondary N) is 1. The number of benzene rings is 1. The van der Waals surface area contributed by atoms with Crippen molar-refractivity contribution in [3.63, 3.8) is 0 Å². The van der Waals surface area contributed by atoms with Crippen LogP contribution in [-0.2, 0) is 0 Å². The van der Waals surface area contributed by atoms with Crippen LogP contribution in [0.2, 0.25) is 5.02 Å². The number of hydrogen-bond donors (Lipinski definition) is 2. The van der Waals surface area contributed by atoms with Gasteiger partial charge in [-0.25, -0.2) is 0 Å². The van der Waals surface area contributed by atoms with Gasteiger partial charge in [0.15, 0.2) is 5.82 Å². The Hall–Kier alpha value is -1.85. The molecule has 0 unspecified atom stereocenters. The predicted molar refractivity (Wildman–Crippen MR) is 84.4 cm³/mol. The van der Waals surface area contributed by atoms with Crippen LogP contribution in [-0.4, -0.2) is 15.2 Å². The maximum absolute atomic E-state index is 6.34. The number of nitrogen functional groups attached to an aromatic ring is 1.